The van der Waals surface area contributed by atoms with Crippen molar-refractivity contribution >= 4 is 11.6 Å². The third-order valence-corrected chi connectivity index (χ3v) is 3.90. The van der Waals surface area contributed by atoms with Crippen molar-refractivity contribution in [1.82, 2.24) is 9.91 Å². The molecule has 5 heteroatoms. The van der Waals surface area contributed by atoms with Gasteiger partial charge in [-0.25, -0.2) is 5.01 Å². The SMILES string of the molecule is CN(CCOc1ccc(Cl)cc1)C1CCN(N)CC1. The van der Waals surface area contributed by atoms with Gasteiger partial charge in [-0.3, -0.25) is 10.7 Å². The standard InChI is InChI=1S/C14H22ClN3O/c1-17(13-6-8-18(16)9-7-13)10-11-19-14-4-2-12(15)3-5-14/h2-5,13H,6-11,16H2,1H3. The van der Waals surface area contributed by atoms with Crippen molar-refractivity contribution in [1.29, 1.82) is 0 Å². The fourth-order valence-corrected chi connectivity index (χ4v) is 2.47. The summed E-state index contributed by atoms with van der Waals surface area (Å²) in [4.78, 5) is 2.36. The number of likely N-dealkylation sites (N-methyl/N-ethyl adjacent to an activating group) is 1. The van der Waals surface area contributed by atoms with Gasteiger partial charge in [0.1, 0.15) is 12.4 Å². The van der Waals surface area contributed by atoms with Gasteiger partial charge in [0.2, 0.25) is 0 Å². The van der Waals surface area contributed by atoms with Crippen LogP contribution < -0.4 is 10.6 Å². The van der Waals surface area contributed by atoms with Gasteiger partial charge in [-0.15, -0.1) is 0 Å². The monoisotopic (exact) mass is 283 g/mol. The molecule has 0 radical (unpaired) electrons. The molecule has 19 heavy (non-hydrogen) atoms. The van der Waals surface area contributed by atoms with Crippen LogP contribution in [0.15, 0.2) is 24.3 Å². The molecule has 1 aliphatic heterocycles. The molecule has 0 aliphatic carbocycles. The van der Waals surface area contributed by atoms with Crippen LogP contribution in [0.4, 0.5) is 0 Å². The van der Waals surface area contributed by atoms with E-state index in [9.17, 15) is 0 Å². The van der Waals surface area contributed by atoms with Crippen molar-refractivity contribution in [3.8, 4) is 5.75 Å². The number of nitrogens with two attached hydrogens (primary N) is 1. The van der Waals surface area contributed by atoms with Crippen molar-refractivity contribution < 1.29 is 4.74 Å². The van der Waals surface area contributed by atoms with Gasteiger partial charge in [0.25, 0.3) is 0 Å². The smallest absolute Gasteiger partial charge is 0.119 e. The fourth-order valence-electron chi connectivity index (χ4n) is 2.35. The van der Waals surface area contributed by atoms with Crippen molar-refractivity contribution in [3.05, 3.63) is 29.3 Å². The minimum absolute atomic E-state index is 0.619. The lowest BCUT2D eigenvalue weighted by Crippen LogP contribution is -2.46. The van der Waals surface area contributed by atoms with E-state index in [0.717, 1.165) is 43.2 Å². The number of hydrazine groups is 1. The Kier molecular flexibility index (Phi) is 5.45. The van der Waals surface area contributed by atoms with Crippen LogP contribution >= 0.6 is 11.6 Å². The van der Waals surface area contributed by atoms with E-state index in [1.807, 2.05) is 29.3 Å². The molecule has 0 unspecified atom stereocenters. The van der Waals surface area contributed by atoms with Crippen LogP contribution in [0.2, 0.25) is 5.02 Å². The van der Waals surface area contributed by atoms with E-state index in [2.05, 4.69) is 11.9 Å². The highest BCUT2D eigenvalue weighted by Crippen LogP contribution is 2.16. The molecular weight excluding hydrogens is 262 g/mol. The average Bonchev–Trinajstić information content (AvgIpc) is 2.41. The van der Waals surface area contributed by atoms with E-state index in [1.54, 1.807) is 0 Å². The highest BCUT2D eigenvalue weighted by molar-refractivity contribution is 6.30. The summed E-state index contributed by atoms with van der Waals surface area (Å²) in [6.07, 6.45) is 2.27. The molecule has 1 fully saturated rings. The second-order valence-electron chi connectivity index (χ2n) is 5.05. The zero-order chi connectivity index (χ0) is 13.7. The lowest BCUT2D eigenvalue weighted by Gasteiger charge is -2.34. The maximum atomic E-state index is 5.83. The van der Waals surface area contributed by atoms with E-state index in [1.165, 1.54) is 0 Å². The maximum Gasteiger partial charge on any atom is 0.119 e. The van der Waals surface area contributed by atoms with Gasteiger partial charge in [0.05, 0.1) is 0 Å². The number of halogens is 1. The quantitative estimate of drug-likeness (QED) is 0.839. The molecule has 0 atom stereocenters. The van der Waals surface area contributed by atoms with Gasteiger partial charge in [0, 0.05) is 30.7 Å². The highest BCUT2D eigenvalue weighted by Gasteiger charge is 2.20. The summed E-state index contributed by atoms with van der Waals surface area (Å²) in [6, 6.07) is 8.10. The molecule has 0 aromatic heterocycles. The summed E-state index contributed by atoms with van der Waals surface area (Å²) >= 11 is 5.83. The topological polar surface area (TPSA) is 41.7 Å². The normalized spacial score (nSPS) is 17.9. The van der Waals surface area contributed by atoms with E-state index < -0.39 is 0 Å². The number of nitrogens with zero attached hydrogens (tertiary/aromatic N) is 2. The lowest BCUT2D eigenvalue weighted by molar-refractivity contribution is 0.115. The molecule has 4 nitrogen and oxygen atoms in total. The Morgan fingerprint density at radius 1 is 1.32 bits per heavy atom. The first-order valence-corrected chi connectivity index (χ1v) is 7.11. The molecule has 1 aliphatic rings. The summed E-state index contributed by atoms with van der Waals surface area (Å²) < 4.78 is 5.71. The van der Waals surface area contributed by atoms with Crippen LogP contribution in [-0.2, 0) is 0 Å². The van der Waals surface area contributed by atoms with Crippen LogP contribution in [0, 0.1) is 0 Å². The number of rotatable bonds is 5. The number of ether oxygens (including phenoxy) is 1. The van der Waals surface area contributed by atoms with Gasteiger partial charge in [-0.05, 0) is 44.2 Å². The van der Waals surface area contributed by atoms with Crippen LogP contribution in [0.5, 0.6) is 5.75 Å². The Labute approximate surface area is 120 Å². The first-order valence-electron chi connectivity index (χ1n) is 6.73. The zero-order valence-electron chi connectivity index (χ0n) is 11.4. The first-order chi connectivity index (χ1) is 9.15. The van der Waals surface area contributed by atoms with E-state index in [0.29, 0.717) is 12.6 Å². The van der Waals surface area contributed by atoms with Crippen molar-refractivity contribution in [2.24, 2.45) is 5.84 Å². The maximum absolute atomic E-state index is 5.83. The van der Waals surface area contributed by atoms with Gasteiger partial charge in [-0.1, -0.05) is 11.6 Å². The predicted molar refractivity (Wildman–Crippen MR) is 78.4 cm³/mol. The minimum atomic E-state index is 0.619. The van der Waals surface area contributed by atoms with Gasteiger partial charge in [-0.2, -0.15) is 0 Å². The number of hydrogen-bond donors (Lipinski definition) is 1. The van der Waals surface area contributed by atoms with Crippen LogP contribution in [0.3, 0.4) is 0 Å². The van der Waals surface area contributed by atoms with Gasteiger partial charge >= 0.3 is 0 Å². The molecule has 0 spiro atoms. The Morgan fingerprint density at radius 3 is 2.58 bits per heavy atom. The number of hydrogen-bond acceptors (Lipinski definition) is 4. The molecule has 1 aromatic rings. The Morgan fingerprint density at radius 2 is 1.95 bits per heavy atom. The summed E-state index contributed by atoms with van der Waals surface area (Å²) in [5.41, 5.74) is 0. The van der Waals surface area contributed by atoms with E-state index >= 15 is 0 Å². The second-order valence-corrected chi connectivity index (χ2v) is 5.49. The van der Waals surface area contributed by atoms with E-state index in [-0.39, 0.29) is 0 Å². The molecule has 1 aromatic carbocycles. The predicted octanol–water partition coefficient (Wildman–Crippen LogP) is 1.99. The molecule has 106 valence electrons. The zero-order valence-corrected chi connectivity index (χ0v) is 12.1. The average molecular weight is 284 g/mol. The molecule has 1 saturated heterocycles. The van der Waals surface area contributed by atoms with Gasteiger partial charge < -0.3 is 4.74 Å². The third kappa shape index (κ3) is 4.66. The molecular formula is C14H22ClN3O. The van der Waals surface area contributed by atoms with Crippen LogP contribution in [-0.4, -0.2) is 49.2 Å². The molecule has 0 amide bonds. The molecule has 1 heterocycles. The molecule has 2 rings (SSSR count). The fraction of sp³-hybridized carbons (Fsp3) is 0.571. The molecule has 0 saturated carbocycles. The lowest BCUT2D eigenvalue weighted by atomic mass is 10.1. The summed E-state index contributed by atoms with van der Waals surface area (Å²) in [6.45, 7) is 3.58. The van der Waals surface area contributed by atoms with Crippen molar-refractivity contribution in [3.63, 3.8) is 0 Å². The Balaban J connectivity index is 1.69. The second kappa shape index (κ2) is 7.10. The first kappa shape index (κ1) is 14.6. The highest BCUT2D eigenvalue weighted by atomic mass is 35.5. The van der Waals surface area contributed by atoms with Crippen LogP contribution in [0.1, 0.15) is 12.8 Å². The Bertz CT molecular complexity index is 377. The molecule has 2 N–H and O–H groups in total. The minimum Gasteiger partial charge on any atom is -0.492 e. The van der Waals surface area contributed by atoms with E-state index in [4.69, 9.17) is 22.2 Å². The summed E-state index contributed by atoms with van der Waals surface area (Å²) in [7, 11) is 2.15. The largest absolute Gasteiger partial charge is 0.492 e. The number of piperidine rings is 1. The molecule has 0 bridgehead atoms. The summed E-state index contributed by atoms with van der Waals surface area (Å²) in [5.74, 6) is 6.63. The van der Waals surface area contributed by atoms with Gasteiger partial charge in [0.15, 0.2) is 0 Å². The van der Waals surface area contributed by atoms with Crippen molar-refractivity contribution in [2.75, 3.05) is 33.3 Å². The Hall–Kier alpha value is -0.810. The van der Waals surface area contributed by atoms with Crippen molar-refractivity contribution in [2.45, 2.75) is 18.9 Å². The van der Waals surface area contributed by atoms with Crippen LogP contribution in [0.25, 0.3) is 0 Å². The summed E-state index contributed by atoms with van der Waals surface area (Å²) in [5, 5.41) is 2.63. The number of benzene rings is 1. The third-order valence-electron chi connectivity index (χ3n) is 3.65.